The second-order valence-corrected chi connectivity index (χ2v) is 7.19. The second kappa shape index (κ2) is 6.31. The van der Waals surface area contributed by atoms with Gasteiger partial charge in [0.1, 0.15) is 5.60 Å². The first-order valence-electron chi connectivity index (χ1n) is 7.02. The van der Waals surface area contributed by atoms with Crippen molar-refractivity contribution >= 4 is 32.9 Å². The van der Waals surface area contributed by atoms with Gasteiger partial charge in [0.15, 0.2) is 5.82 Å². The van der Waals surface area contributed by atoms with Crippen molar-refractivity contribution in [3.05, 3.63) is 44.4 Å². The normalized spacial score (nSPS) is 11.6. The monoisotopic (exact) mass is 384 g/mol. The first-order chi connectivity index (χ1) is 10.6. The molecule has 2 rings (SSSR count). The molecule has 5 nitrogen and oxygen atoms in total. The number of ether oxygens (including phenoxy) is 1. The smallest absolute Gasteiger partial charge is 0.410 e. The molecule has 0 unspecified atom stereocenters. The third-order valence-corrected chi connectivity index (χ3v) is 3.61. The number of fused-ring (bicyclic) bond motifs is 1. The summed E-state index contributed by atoms with van der Waals surface area (Å²) < 4.78 is 20.3. The highest BCUT2D eigenvalue weighted by Gasteiger charge is 2.22. The maximum absolute atomic E-state index is 14.3. The average Bonchev–Trinajstić information content (AvgIpc) is 2.42. The van der Waals surface area contributed by atoms with Gasteiger partial charge in [-0.05, 0) is 39.0 Å². The summed E-state index contributed by atoms with van der Waals surface area (Å²) in [5, 5.41) is 0.534. The molecule has 124 valence electrons. The van der Waals surface area contributed by atoms with Gasteiger partial charge < -0.3 is 14.6 Å². The van der Waals surface area contributed by atoms with Crippen molar-refractivity contribution in [2.24, 2.45) is 0 Å². The number of halogens is 2. The first kappa shape index (κ1) is 17.5. The van der Waals surface area contributed by atoms with Crippen LogP contribution in [0.2, 0.25) is 0 Å². The number of carbonyl (C=O) groups is 1. The fraction of sp³-hybridized carbons (Fsp3) is 0.375. The van der Waals surface area contributed by atoms with Crippen LogP contribution in [0.25, 0.3) is 10.9 Å². The molecule has 1 N–H and O–H groups in total. The minimum atomic E-state index is -0.897. The number of nitrogens with one attached hydrogen (secondary N) is 1. The third kappa shape index (κ3) is 4.10. The van der Waals surface area contributed by atoms with Gasteiger partial charge in [-0.1, -0.05) is 15.9 Å². The van der Waals surface area contributed by atoms with E-state index in [-0.39, 0.29) is 12.1 Å². The minimum absolute atomic E-state index is 0.0718. The number of hydrogen-bond donors (Lipinski definition) is 1. The van der Waals surface area contributed by atoms with Crippen LogP contribution >= 0.6 is 15.9 Å². The molecule has 1 aromatic heterocycles. The minimum Gasteiger partial charge on any atom is -0.444 e. The zero-order chi connectivity index (χ0) is 17.4. The number of hydrogen-bond acceptors (Lipinski definition) is 3. The second-order valence-electron chi connectivity index (χ2n) is 6.27. The molecule has 0 fully saturated rings. The van der Waals surface area contributed by atoms with Crippen LogP contribution in [-0.4, -0.2) is 28.6 Å². The predicted molar refractivity (Wildman–Crippen MR) is 89.9 cm³/mol. The molecule has 0 saturated carbocycles. The molecule has 1 aromatic carbocycles. The molecule has 0 aliphatic carbocycles. The van der Waals surface area contributed by atoms with Crippen LogP contribution < -0.4 is 5.56 Å². The molecule has 0 saturated heterocycles. The van der Waals surface area contributed by atoms with Crippen LogP contribution in [-0.2, 0) is 11.3 Å². The summed E-state index contributed by atoms with van der Waals surface area (Å²) >= 11 is 3.32. The van der Waals surface area contributed by atoms with Crippen molar-refractivity contribution in [1.29, 1.82) is 0 Å². The van der Waals surface area contributed by atoms with E-state index < -0.39 is 23.1 Å². The van der Waals surface area contributed by atoms with Crippen molar-refractivity contribution in [2.75, 3.05) is 7.05 Å². The number of carbonyl (C=O) groups excluding carboxylic acids is 1. The zero-order valence-corrected chi connectivity index (χ0v) is 15.0. The lowest BCUT2D eigenvalue weighted by atomic mass is 10.1. The summed E-state index contributed by atoms with van der Waals surface area (Å²) in [6.45, 7) is 5.18. The highest BCUT2D eigenvalue weighted by Crippen LogP contribution is 2.23. The van der Waals surface area contributed by atoms with Gasteiger partial charge in [-0.25, -0.2) is 9.18 Å². The molecule has 7 heteroatoms. The van der Waals surface area contributed by atoms with Crippen molar-refractivity contribution in [3.63, 3.8) is 0 Å². The Hall–Kier alpha value is -1.89. The average molecular weight is 385 g/mol. The summed E-state index contributed by atoms with van der Waals surface area (Å²) in [5.41, 5.74) is -0.804. The fourth-order valence-electron chi connectivity index (χ4n) is 2.10. The third-order valence-electron chi connectivity index (χ3n) is 3.12. The Bertz CT molecular complexity index is 811. The van der Waals surface area contributed by atoms with Gasteiger partial charge in [0.05, 0.1) is 6.54 Å². The number of pyridine rings is 1. The Labute approximate surface area is 141 Å². The summed E-state index contributed by atoms with van der Waals surface area (Å²) in [6, 6.07) is 5.13. The Balaban J connectivity index is 2.43. The largest absolute Gasteiger partial charge is 0.444 e. The Morgan fingerprint density at radius 3 is 2.65 bits per heavy atom. The zero-order valence-electron chi connectivity index (χ0n) is 13.4. The molecule has 0 bridgehead atoms. The molecule has 0 aliphatic rings. The van der Waals surface area contributed by atoms with Crippen molar-refractivity contribution in [3.8, 4) is 0 Å². The Kier molecular flexibility index (Phi) is 4.79. The lowest BCUT2D eigenvalue weighted by Gasteiger charge is -2.25. The summed E-state index contributed by atoms with van der Waals surface area (Å²) in [5.74, 6) is -0.897. The fourth-order valence-corrected chi connectivity index (χ4v) is 2.46. The molecule has 1 amide bonds. The van der Waals surface area contributed by atoms with Gasteiger partial charge in [0, 0.05) is 28.0 Å². The van der Waals surface area contributed by atoms with Crippen molar-refractivity contribution in [2.45, 2.75) is 32.9 Å². The van der Waals surface area contributed by atoms with Crippen LogP contribution in [0.15, 0.2) is 27.5 Å². The number of amides is 1. The maximum Gasteiger partial charge on any atom is 0.410 e. The molecule has 0 radical (unpaired) electrons. The van der Waals surface area contributed by atoms with Gasteiger partial charge in [-0.2, -0.15) is 0 Å². The molecule has 23 heavy (non-hydrogen) atoms. The summed E-state index contributed by atoms with van der Waals surface area (Å²) in [4.78, 5) is 27.5. The van der Waals surface area contributed by atoms with E-state index in [1.165, 1.54) is 11.9 Å². The lowest BCUT2D eigenvalue weighted by molar-refractivity contribution is 0.0284. The molecular formula is C16H18BrFN2O3. The first-order valence-corrected chi connectivity index (χ1v) is 7.82. The molecule has 1 heterocycles. The number of rotatable bonds is 2. The van der Waals surface area contributed by atoms with Crippen LogP contribution in [0, 0.1) is 5.82 Å². The lowest BCUT2D eigenvalue weighted by Crippen LogP contribution is -2.34. The van der Waals surface area contributed by atoms with Crippen LogP contribution in [0.5, 0.6) is 0 Å². The SMILES string of the molecule is CN(Cc1c(F)c(=O)[nH]c2ccc(Br)cc12)C(=O)OC(C)(C)C. The van der Waals surface area contributed by atoms with Crippen molar-refractivity contribution in [1.82, 2.24) is 9.88 Å². The number of H-pyrrole nitrogens is 1. The molecular weight excluding hydrogens is 367 g/mol. The number of aromatic nitrogens is 1. The van der Waals surface area contributed by atoms with Crippen LogP contribution in [0.3, 0.4) is 0 Å². The Morgan fingerprint density at radius 1 is 1.39 bits per heavy atom. The number of nitrogens with zero attached hydrogens (tertiary/aromatic N) is 1. The summed E-state index contributed by atoms with van der Waals surface area (Å²) in [6.07, 6.45) is -0.583. The molecule has 0 spiro atoms. The molecule has 2 aromatic rings. The standard InChI is InChI=1S/C16H18BrFN2O3/c1-16(2,3)23-15(22)20(4)8-11-10-7-9(17)5-6-12(10)19-14(21)13(11)18/h5-7H,8H2,1-4H3,(H,19,21). The topological polar surface area (TPSA) is 62.4 Å². The van der Waals surface area contributed by atoms with E-state index in [0.29, 0.717) is 10.9 Å². The maximum atomic E-state index is 14.3. The quantitative estimate of drug-likeness (QED) is 0.856. The van der Waals surface area contributed by atoms with E-state index in [2.05, 4.69) is 20.9 Å². The van der Waals surface area contributed by atoms with Gasteiger partial charge in [0.25, 0.3) is 5.56 Å². The summed E-state index contributed by atoms with van der Waals surface area (Å²) in [7, 11) is 1.50. The van der Waals surface area contributed by atoms with E-state index in [1.807, 2.05) is 0 Å². The Morgan fingerprint density at radius 2 is 2.04 bits per heavy atom. The van der Waals surface area contributed by atoms with Gasteiger partial charge >= 0.3 is 6.09 Å². The van der Waals surface area contributed by atoms with Gasteiger partial charge in [0.2, 0.25) is 0 Å². The number of aromatic amines is 1. The van der Waals surface area contributed by atoms with Crippen LogP contribution in [0.4, 0.5) is 9.18 Å². The predicted octanol–water partition coefficient (Wildman–Crippen LogP) is 3.80. The molecule has 0 aliphatic heterocycles. The van der Waals surface area contributed by atoms with E-state index in [9.17, 15) is 14.0 Å². The molecule has 0 atom stereocenters. The highest BCUT2D eigenvalue weighted by molar-refractivity contribution is 9.10. The number of benzene rings is 1. The van der Waals surface area contributed by atoms with Gasteiger partial charge in [-0.3, -0.25) is 4.79 Å². The highest BCUT2D eigenvalue weighted by atomic mass is 79.9. The van der Waals surface area contributed by atoms with E-state index in [4.69, 9.17) is 4.74 Å². The van der Waals surface area contributed by atoms with E-state index >= 15 is 0 Å². The van der Waals surface area contributed by atoms with Crippen LogP contribution in [0.1, 0.15) is 26.3 Å². The van der Waals surface area contributed by atoms with E-state index in [0.717, 1.165) is 4.47 Å². The van der Waals surface area contributed by atoms with E-state index in [1.54, 1.807) is 39.0 Å². The van der Waals surface area contributed by atoms with Crippen molar-refractivity contribution < 1.29 is 13.9 Å². The van der Waals surface area contributed by atoms with Gasteiger partial charge in [-0.15, -0.1) is 0 Å².